The minimum atomic E-state index is 0.332. The molecule has 2 heteroatoms. The van der Waals surface area contributed by atoms with Crippen LogP contribution in [0.2, 0.25) is 0 Å². The van der Waals surface area contributed by atoms with Gasteiger partial charge in [-0.05, 0) is 49.5 Å². The van der Waals surface area contributed by atoms with Crippen molar-refractivity contribution in [3.05, 3.63) is 23.2 Å². The molecular weight excluding hydrogens is 258 g/mol. The van der Waals surface area contributed by atoms with E-state index in [0.717, 1.165) is 24.0 Å². The Hall–Kier alpha value is -0.760. The maximum Gasteiger partial charge on any atom is 0.109 e. The molecule has 2 aliphatic rings. The Morgan fingerprint density at radius 3 is 2.76 bits per heavy atom. The fraction of sp³-hybridized carbons (Fsp3) is 0.789. The van der Waals surface area contributed by atoms with Crippen molar-refractivity contribution in [1.29, 1.82) is 0 Å². The van der Waals surface area contributed by atoms with E-state index in [1.807, 2.05) is 0 Å². The van der Waals surface area contributed by atoms with E-state index in [0.29, 0.717) is 17.5 Å². The zero-order valence-corrected chi connectivity index (χ0v) is 14.3. The molecule has 0 aromatic carbocycles. The van der Waals surface area contributed by atoms with Gasteiger partial charge in [0, 0.05) is 24.1 Å². The number of nitrogens with one attached hydrogen (secondary N) is 1. The molecule has 1 fully saturated rings. The van der Waals surface area contributed by atoms with Crippen LogP contribution >= 0.6 is 0 Å². The van der Waals surface area contributed by atoms with Gasteiger partial charge in [0.25, 0.3) is 0 Å². The van der Waals surface area contributed by atoms with Crippen molar-refractivity contribution in [2.24, 2.45) is 17.3 Å². The van der Waals surface area contributed by atoms with E-state index in [-0.39, 0.29) is 0 Å². The summed E-state index contributed by atoms with van der Waals surface area (Å²) in [5, 5.41) is 4.00. The van der Waals surface area contributed by atoms with Crippen LogP contribution in [0.4, 0.5) is 0 Å². The Kier molecular flexibility index (Phi) is 3.94. The van der Waals surface area contributed by atoms with Crippen molar-refractivity contribution < 1.29 is 4.42 Å². The molecule has 2 nitrogen and oxygen atoms in total. The number of hydrogen-bond acceptors (Lipinski definition) is 2. The van der Waals surface area contributed by atoms with E-state index in [9.17, 15) is 0 Å². The van der Waals surface area contributed by atoms with Crippen LogP contribution in [-0.4, -0.2) is 6.04 Å². The Bertz CT molecular complexity index is 502. The molecule has 1 heterocycles. The lowest BCUT2D eigenvalue weighted by atomic mass is 9.73. The second kappa shape index (κ2) is 5.46. The average molecular weight is 289 g/mol. The summed E-state index contributed by atoms with van der Waals surface area (Å²) in [6.07, 6.45) is 6.38. The van der Waals surface area contributed by atoms with Crippen LogP contribution in [0.15, 0.2) is 10.5 Å². The molecule has 118 valence electrons. The molecule has 4 atom stereocenters. The normalized spacial score (nSPS) is 35.5. The SMILES string of the molecule is Cc1cc2c(o1)CC(C)(C)CC2NC1CC(C)CCC1C. The van der Waals surface area contributed by atoms with Crippen LogP contribution < -0.4 is 5.32 Å². The highest BCUT2D eigenvalue weighted by molar-refractivity contribution is 5.29. The lowest BCUT2D eigenvalue weighted by Gasteiger charge is -2.40. The van der Waals surface area contributed by atoms with Gasteiger partial charge < -0.3 is 9.73 Å². The van der Waals surface area contributed by atoms with Gasteiger partial charge in [0.05, 0.1) is 0 Å². The number of fused-ring (bicyclic) bond motifs is 1. The van der Waals surface area contributed by atoms with Crippen molar-refractivity contribution >= 4 is 0 Å². The molecule has 1 N–H and O–H groups in total. The van der Waals surface area contributed by atoms with Crippen LogP contribution in [0.25, 0.3) is 0 Å². The smallest absolute Gasteiger partial charge is 0.109 e. The summed E-state index contributed by atoms with van der Waals surface area (Å²) in [6.45, 7) is 11.6. The van der Waals surface area contributed by atoms with Gasteiger partial charge in [-0.1, -0.05) is 34.1 Å². The topological polar surface area (TPSA) is 25.2 Å². The van der Waals surface area contributed by atoms with Gasteiger partial charge in [0.15, 0.2) is 0 Å². The summed E-state index contributed by atoms with van der Waals surface area (Å²) in [5.41, 5.74) is 1.76. The molecule has 1 aromatic heterocycles. The lowest BCUT2D eigenvalue weighted by Crippen LogP contribution is -2.44. The van der Waals surface area contributed by atoms with Crippen LogP contribution in [0.3, 0.4) is 0 Å². The van der Waals surface area contributed by atoms with Crippen LogP contribution in [0.5, 0.6) is 0 Å². The van der Waals surface area contributed by atoms with Crippen LogP contribution in [0, 0.1) is 24.2 Å². The number of rotatable bonds is 2. The van der Waals surface area contributed by atoms with Gasteiger partial charge in [-0.2, -0.15) is 0 Å². The molecule has 2 aliphatic carbocycles. The standard InChI is InChI=1S/C19H31NO/c1-12-6-7-13(2)16(8-12)20-17-10-19(4,5)11-18-15(17)9-14(3)21-18/h9,12-13,16-17,20H,6-8,10-11H2,1-5H3. The third-order valence-corrected chi connectivity index (χ3v) is 5.61. The Morgan fingerprint density at radius 1 is 1.24 bits per heavy atom. The van der Waals surface area contributed by atoms with Gasteiger partial charge in [0.1, 0.15) is 11.5 Å². The van der Waals surface area contributed by atoms with Crippen molar-refractivity contribution in [2.75, 3.05) is 0 Å². The number of furan rings is 1. The van der Waals surface area contributed by atoms with Crippen LogP contribution in [-0.2, 0) is 6.42 Å². The highest BCUT2D eigenvalue weighted by atomic mass is 16.3. The van der Waals surface area contributed by atoms with Gasteiger partial charge in [-0.25, -0.2) is 0 Å². The van der Waals surface area contributed by atoms with Crippen LogP contribution in [0.1, 0.15) is 76.5 Å². The Morgan fingerprint density at radius 2 is 2.00 bits per heavy atom. The number of hydrogen-bond donors (Lipinski definition) is 1. The predicted molar refractivity (Wildman–Crippen MR) is 87.4 cm³/mol. The molecule has 0 aliphatic heterocycles. The molecule has 0 radical (unpaired) electrons. The molecule has 21 heavy (non-hydrogen) atoms. The fourth-order valence-corrected chi connectivity index (χ4v) is 4.36. The van der Waals surface area contributed by atoms with Crippen molar-refractivity contribution in [3.8, 4) is 0 Å². The third-order valence-electron chi connectivity index (χ3n) is 5.61. The van der Waals surface area contributed by atoms with Gasteiger partial charge in [-0.15, -0.1) is 0 Å². The van der Waals surface area contributed by atoms with Crippen molar-refractivity contribution in [1.82, 2.24) is 5.32 Å². The van der Waals surface area contributed by atoms with E-state index in [1.54, 1.807) is 0 Å². The lowest BCUT2D eigenvalue weighted by molar-refractivity contribution is 0.173. The van der Waals surface area contributed by atoms with E-state index in [2.05, 4.69) is 46.0 Å². The largest absolute Gasteiger partial charge is 0.466 e. The molecule has 0 amide bonds. The van der Waals surface area contributed by atoms with Crippen molar-refractivity contribution in [2.45, 2.75) is 78.8 Å². The predicted octanol–water partition coefficient (Wildman–Crippen LogP) is 5.02. The monoisotopic (exact) mass is 289 g/mol. The third kappa shape index (κ3) is 3.21. The molecule has 0 spiro atoms. The Balaban J connectivity index is 1.81. The molecule has 0 bridgehead atoms. The van der Waals surface area contributed by atoms with Gasteiger partial charge in [-0.3, -0.25) is 0 Å². The first kappa shape index (κ1) is 15.1. The van der Waals surface area contributed by atoms with Gasteiger partial charge >= 0.3 is 0 Å². The zero-order chi connectivity index (χ0) is 15.2. The first-order chi connectivity index (χ1) is 9.84. The fourth-order valence-electron chi connectivity index (χ4n) is 4.36. The second-order valence-electron chi connectivity index (χ2n) is 8.50. The van der Waals surface area contributed by atoms with E-state index in [1.165, 1.54) is 37.0 Å². The van der Waals surface area contributed by atoms with Gasteiger partial charge in [0.2, 0.25) is 0 Å². The first-order valence-electron chi connectivity index (χ1n) is 8.69. The minimum Gasteiger partial charge on any atom is -0.466 e. The summed E-state index contributed by atoms with van der Waals surface area (Å²) >= 11 is 0. The first-order valence-corrected chi connectivity index (χ1v) is 8.69. The quantitative estimate of drug-likeness (QED) is 0.827. The maximum absolute atomic E-state index is 5.97. The summed E-state index contributed by atoms with van der Waals surface area (Å²) in [5.74, 6) is 3.94. The molecule has 3 rings (SSSR count). The summed E-state index contributed by atoms with van der Waals surface area (Å²) in [6, 6.07) is 3.40. The summed E-state index contributed by atoms with van der Waals surface area (Å²) < 4.78 is 5.97. The zero-order valence-electron chi connectivity index (χ0n) is 14.3. The summed E-state index contributed by atoms with van der Waals surface area (Å²) in [7, 11) is 0. The Labute approximate surface area is 129 Å². The molecule has 0 saturated heterocycles. The molecule has 1 aromatic rings. The highest BCUT2D eigenvalue weighted by Crippen LogP contribution is 2.43. The van der Waals surface area contributed by atoms with E-state index in [4.69, 9.17) is 4.42 Å². The number of aryl methyl sites for hydroxylation is 1. The van der Waals surface area contributed by atoms with Crippen molar-refractivity contribution in [3.63, 3.8) is 0 Å². The maximum atomic E-state index is 5.97. The molecule has 1 saturated carbocycles. The second-order valence-corrected chi connectivity index (χ2v) is 8.50. The summed E-state index contributed by atoms with van der Waals surface area (Å²) in [4.78, 5) is 0. The minimum absolute atomic E-state index is 0.332. The van der Waals surface area contributed by atoms with E-state index >= 15 is 0 Å². The average Bonchev–Trinajstić information content (AvgIpc) is 2.73. The molecular formula is C19H31NO. The molecule has 4 unspecified atom stereocenters. The van der Waals surface area contributed by atoms with E-state index < -0.39 is 0 Å². The highest BCUT2D eigenvalue weighted by Gasteiger charge is 2.37.